The van der Waals surface area contributed by atoms with Gasteiger partial charge in [0, 0.05) is 9.79 Å². The molecule has 3 aromatic rings. The van der Waals surface area contributed by atoms with Crippen molar-refractivity contribution in [2.75, 3.05) is 7.11 Å². The summed E-state index contributed by atoms with van der Waals surface area (Å²) < 4.78 is 11.0. The predicted molar refractivity (Wildman–Crippen MR) is 96.0 cm³/mol. The minimum Gasteiger partial charge on any atom is -0.497 e. The summed E-state index contributed by atoms with van der Waals surface area (Å²) in [7, 11) is 1.64. The van der Waals surface area contributed by atoms with E-state index >= 15 is 0 Å². The summed E-state index contributed by atoms with van der Waals surface area (Å²) in [6.45, 7) is 0.0435. The number of aliphatic hydroxyl groups excluding tert-OH is 1. The standard InChI is InChI=1S/C20H18O3S/c1-22-16-6-8-17(9-7-16)23-18-10-12-19(13-11-18)24-20-5-3-2-4-15(20)14-21/h2-13,21H,14H2,1H3. The van der Waals surface area contributed by atoms with Crippen molar-refractivity contribution < 1.29 is 14.6 Å². The van der Waals surface area contributed by atoms with Crippen molar-refractivity contribution in [3.8, 4) is 17.2 Å². The number of aliphatic hydroxyl groups is 1. The maximum atomic E-state index is 9.40. The minimum absolute atomic E-state index is 0.0435. The Hall–Kier alpha value is -2.43. The largest absolute Gasteiger partial charge is 0.497 e. The summed E-state index contributed by atoms with van der Waals surface area (Å²) in [5.74, 6) is 2.35. The van der Waals surface area contributed by atoms with Crippen LogP contribution in [0.15, 0.2) is 82.6 Å². The molecule has 0 bridgehead atoms. The fraction of sp³-hybridized carbons (Fsp3) is 0.100. The first-order chi connectivity index (χ1) is 11.8. The van der Waals surface area contributed by atoms with Crippen LogP contribution >= 0.6 is 11.8 Å². The van der Waals surface area contributed by atoms with Crippen LogP contribution < -0.4 is 9.47 Å². The molecule has 3 nitrogen and oxygen atoms in total. The van der Waals surface area contributed by atoms with E-state index in [0.717, 1.165) is 32.6 Å². The van der Waals surface area contributed by atoms with Crippen LogP contribution in [-0.4, -0.2) is 12.2 Å². The zero-order valence-corrected chi connectivity index (χ0v) is 14.1. The molecule has 3 aromatic carbocycles. The van der Waals surface area contributed by atoms with Crippen molar-refractivity contribution >= 4 is 11.8 Å². The normalized spacial score (nSPS) is 10.4. The summed E-state index contributed by atoms with van der Waals surface area (Å²) in [5, 5.41) is 9.40. The first-order valence-electron chi connectivity index (χ1n) is 7.57. The molecule has 0 spiro atoms. The summed E-state index contributed by atoms with van der Waals surface area (Å²) in [6, 6.07) is 23.2. The van der Waals surface area contributed by atoms with Crippen molar-refractivity contribution in [1.82, 2.24) is 0 Å². The maximum Gasteiger partial charge on any atom is 0.127 e. The van der Waals surface area contributed by atoms with E-state index in [4.69, 9.17) is 9.47 Å². The van der Waals surface area contributed by atoms with Gasteiger partial charge in [0.05, 0.1) is 13.7 Å². The van der Waals surface area contributed by atoms with Gasteiger partial charge < -0.3 is 14.6 Å². The van der Waals surface area contributed by atoms with Crippen LogP contribution in [-0.2, 0) is 6.61 Å². The third-order valence-corrected chi connectivity index (χ3v) is 4.62. The zero-order valence-electron chi connectivity index (χ0n) is 13.3. The summed E-state index contributed by atoms with van der Waals surface area (Å²) in [5.41, 5.74) is 0.932. The van der Waals surface area contributed by atoms with Gasteiger partial charge in [-0.15, -0.1) is 0 Å². The highest BCUT2D eigenvalue weighted by Crippen LogP contribution is 2.32. The van der Waals surface area contributed by atoms with Gasteiger partial charge in [-0.1, -0.05) is 30.0 Å². The highest BCUT2D eigenvalue weighted by atomic mass is 32.2. The molecule has 0 fully saturated rings. The van der Waals surface area contributed by atoms with Crippen LogP contribution in [0.2, 0.25) is 0 Å². The highest BCUT2D eigenvalue weighted by Gasteiger charge is 2.04. The Morgan fingerprint density at radius 3 is 2.00 bits per heavy atom. The number of rotatable bonds is 6. The van der Waals surface area contributed by atoms with Crippen LogP contribution in [0, 0.1) is 0 Å². The van der Waals surface area contributed by atoms with E-state index in [1.807, 2.05) is 72.8 Å². The Kier molecular flexibility index (Phi) is 5.41. The Morgan fingerprint density at radius 2 is 1.38 bits per heavy atom. The van der Waals surface area contributed by atoms with Crippen LogP contribution in [0.4, 0.5) is 0 Å². The number of benzene rings is 3. The lowest BCUT2D eigenvalue weighted by Gasteiger charge is -2.09. The van der Waals surface area contributed by atoms with Crippen molar-refractivity contribution in [3.63, 3.8) is 0 Å². The van der Waals surface area contributed by atoms with Gasteiger partial charge in [-0.05, 0) is 60.2 Å². The van der Waals surface area contributed by atoms with E-state index in [1.165, 1.54) is 0 Å². The van der Waals surface area contributed by atoms with Gasteiger partial charge in [0.1, 0.15) is 17.2 Å². The SMILES string of the molecule is COc1ccc(Oc2ccc(Sc3ccccc3CO)cc2)cc1. The molecule has 1 N–H and O–H groups in total. The fourth-order valence-electron chi connectivity index (χ4n) is 2.22. The van der Waals surface area contributed by atoms with Gasteiger partial charge in [-0.25, -0.2) is 0 Å². The Bertz CT molecular complexity index is 783. The van der Waals surface area contributed by atoms with E-state index < -0.39 is 0 Å². The molecule has 0 saturated carbocycles. The van der Waals surface area contributed by atoms with Gasteiger partial charge in [0.15, 0.2) is 0 Å². The number of hydrogen-bond acceptors (Lipinski definition) is 4. The topological polar surface area (TPSA) is 38.7 Å². The molecule has 0 aliphatic rings. The Labute approximate surface area is 145 Å². The molecule has 0 radical (unpaired) electrons. The molecular formula is C20H18O3S. The van der Waals surface area contributed by atoms with Crippen LogP contribution in [0.1, 0.15) is 5.56 Å². The number of hydrogen-bond donors (Lipinski definition) is 1. The third kappa shape index (κ3) is 4.10. The second-order valence-electron chi connectivity index (χ2n) is 5.12. The van der Waals surface area contributed by atoms with Gasteiger partial charge in [-0.2, -0.15) is 0 Å². The molecule has 24 heavy (non-hydrogen) atoms. The first-order valence-corrected chi connectivity index (χ1v) is 8.39. The monoisotopic (exact) mass is 338 g/mol. The maximum absolute atomic E-state index is 9.40. The van der Waals surface area contributed by atoms with Gasteiger partial charge in [0.25, 0.3) is 0 Å². The van der Waals surface area contributed by atoms with Crippen molar-refractivity contribution in [2.45, 2.75) is 16.4 Å². The highest BCUT2D eigenvalue weighted by molar-refractivity contribution is 7.99. The first kappa shape index (κ1) is 16.4. The van der Waals surface area contributed by atoms with E-state index in [0.29, 0.717) is 0 Å². The predicted octanol–water partition coefficient (Wildman–Crippen LogP) is 5.13. The van der Waals surface area contributed by atoms with Gasteiger partial charge in [-0.3, -0.25) is 0 Å². The second-order valence-corrected chi connectivity index (χ2v) is 6.23. The fourth-order valence-corrected chi connectivity index (χ4v) is 3.15. The smallest absolute Gasteiger partial charge is 0.127 e. The van der Waals surface area contributed by atoms with E-state index in [2.05, 4.69) is 0 Å². The molecule has 0 aliphatic carbocycles. The summed E-state index contributed by atoms with van der Waals surface area (Å²) in [4.78, 5) is 2.15. The number of ether oxygens (including phenoxy) is 2. The Balaban J connectivity index is 1.68. The van der Waals surface area contributed by atoms with E-state index in [1.54, 1.807) is 18.9 Å². The van der Waals surface area contributed by atoms with Gasteiger partial charge in [0.2, 0.25) is 0 Å². The van der Waals surface area contributed by atoms with Crippen LogP contribution in [0.5, 0.6) is 17.2 Å². The van der Waals surface area contributed by atoms with E-state index in [9.17, 15) is 5.11 Å². The zero-order chi connectivity index (χ0) is 16.8. The molecule has 0 heterocycles. The summed E-state index contributed by atoms with van der Waals surface area (Å²) in [6.07, 6.45) is 0. The lowest BCUT2D eigenvalue weighted by molar-refractivity contribution is 0.279. The molecule has 0 aliphatic heterocycles. The molecule has 122 valence electrons. The van der Waals surface area contributed by atoms with Crippen LogP contribution in [0.3, 0.4) is 0 Å². The lowest BCUT2D eigenvalue weighted by atomic mass is 10.2. The average Bonchev–Trinajstić information content (AvgIpc) is 2.64. The average molecular weight is 338 g/mol. The molecule has 3 rings (SSSR count). The molecule has 0 amide bonds. The molecule has 4 heteroatoms. The third-order valence-electron chi connectivity index (χ3n) is 3.49. The number of methoxy groups -OCH3 is 1. The molecule has 0 aromatic heterocycles. The molecular weight excluding hydrogens is 320 g/mol. The Morgan fingerprint density at radius 1 is 0.792 bits per heavy atom. The summed E-state index contributed by atoms with van der Waals surface area (Å²) >= 11 is 1.63. The van der Waals surface area contributed by atoms with Gasteiger partial charge >= 0.3 is 0 Å². The lowest BCUT2D eigenvalue weighted by Crippen LogP contribution is -1.87. The quantitative estimate of drug-likeness (QED) is 0.676. The molecule has 0 saturated heterocycles. The van der Waals surface area contributed by atoms with Crippen molar-refractivity contribution in [2.24, 2.45) is 0 Å². The molecule has 0 atom stereocenters. The minimum atomic E-state index is 0.0435. The van der Waals surface area contributed by atoms with Crippen LogP contribution in [0.25, 0.3) is 0 Å². The second kappa shape index (κ2) is 7.90. The molecule has 0 unspecified atom stereocenters. The van der Waals surface area contributed by atoms with E-state index in [-0.39, 0.29) is 6.61 Å². The van der Waals surface area contributed by atoms with Crippen molar-refractivity contribution in [3.05, 3.63) is 78.4 Å². The van der Waals surface area contributed by atoms with Crippen molar-refractivity contribution in [1.29, 1.82) is 0 Å².